The molecule has 0 fully saturated rings. The van der Waals surface area contributed by atoms with Crippen LogP contribution in [0, 0.1) is 0 Å². The number of hydrogen-bond acceptors (Lipinski definition) is 3. The predicted molar refractivity (Wildman–Crippen MR) is 59.1 cm³/mol. The topological polar surface area (TPSA) is 27.7 Å². The second kappa shape index (κ2) is 8.70. The van der Waals surface area contributed by atoms with Gasteiger partial charge in [0.25, 0.3) is 0 Å². The molecule has 0 heterocycles. The van der Waals surface area contributed by atoms with Crippen LogP contribution in [0.4, 0.5) is 0 Å². The molecule has 0 aromatic rings. The Bertz CT molecular complexity index is 119. The van der Waals surface area contributed by atoms with Crippen molar-refractivity contribution in [2.75, 3.05) is 6.61 Å². The molecule has 4 heteroatoms. The maximum absolute atomic E-state index is 5.60. The Balaban J connectivity index is 3.72. The van der Waals surface area contributed by atoms with Gasteiger partial charge in [-0.1, -0.05) is 13.3 Å². The van der Waals surface area contributed by atoms with Crippen molar-refractivity contribution in [2.24, 2.45) is 0 Å². The van der Waals surface area contributed by atoms with Crippen LogP contribution in [-0.4, -0.2) is 34.0 Å². The summed E-state index contributed by atoms with van der Waals surface area (Å²) in [5, 5.41) is 0. The molecule has 0 aromatic carbocycles. The lowest BCUT2D eigenvalue weighted by Crippen LogP contribution is -2.33. The van der Waals surface area contributed by atoms with E-state index in [1.54, 1.807) is 0 Å². The van der Waals surface area contributed by atoms with Gasteiger partial charge in [-0.15, -0.1) is 0 Å². The summed E-state index contributed by atoms with van der Waals surface area (Å²) in [6.07, 6.45) is 2.59. The summed E-state index contributed by atoms with van der Waals surface area (Å²) in [4.78, 5) is 0. The highest BCUT2D eigenvalue weighted by atomic mass is 27.3. The van der Waals surface area contributed by atoms with E-state index in [1.165, 1.54) is 0 Å². The molecule has 0 bridgehead atoms. The lowest BCUT2D eigenvalue weighted by atomic mass is 10.4. The van der Waals surface area contributed by atoms with Crippen LogP contribution in [0.2, 0.25) is 0 Å². The molecule has 3 nitrogen and oxygen atoms in total. The van der Waals surface area contributed by atoms with E-state index in [4.69, 9.17) is 11.4 Å². The first kappa shape index (κ1) is 14.4. The average molecular weight is 218 g/mol. The Morgan fingerprint density at radius 1 is 1.00 bits per heavy atom. The van der Waals surface area contributed by atoms with Crippen LogP contribution in [0.15, 0.2) is 0 Å². The monoisotopic (exact) mass is 218 g/mol. The minimum absolute atomic E-state index is 0.187. The van der Waals surface area contributed by atoms with Gasteiger partial charge in [0, 0.05) is 18.8 Å². The maximum Gasteiger partial charge on any atom is 0.905 e. The van der Waals surface area contributed by atoms with Gasteiger partial charge in [0.15, 0.2) is 0 Å². The summed E-state index contributed by atoms with van der Waals surface area (Å²) in [7, 11) is 0. The van der Waals surface area contributed by atoms with Crippen molar-refractivity contribution in [3.8, 4) is 0 Å². The molecule has 14 heavy (non-hydrogen) atoms. The lowest BCUT2D eigenvalue weighted by Gasteiger charge is -2.17. The number of unbranched alkanes of at least 4 members (excludes halogenated alkanes) is 1. The van der Waals surface area contributed by atoms with E-state index in [1.807, 2.05) is 27.7 Å². The third kappa shape index (κ3) is 8.99. The summed E-state index contributed by atoms with van der Waals surface area (Å²) < 4.78 is 16.8. The first-order valence-corrected chi connectivity index (χ1v) is 6.90. The maximum atomic E-state index is 5.60. The molecule has 0 spiro atoms. The van der Waals surface area contributed by atoms with Gasteiger partial charge in [-0.05, 0) is 34.1 Å². The minimum Gasteiger partial charge on any atom is -0.454 e. The Labute approximate surface area is 93.1 Å². The predicted octanol–water partition coefficient (Wildman–Crippen LogP) is 2.64. The van der Waals surface area contributed by atoms with Crippen LogP contribution >= 0.6 is 0 Å². The van der Waals surface area contributed by atoms with E-state index in [0.717, 1.165) is 19.4 Å². The van der Waals surface area contributed by atoms with E-state index in [-0.39, 0.29) is 12.2 Å². The molecular weight excluding hydrogens is 195 g/mol. The number of rotatable bonds is 8. The normalized spacial score (nSPS) is 11.4. The molecule has 0 atom stereocenters. The Morgan fingerprint density at radius 2 is 1.50 bits per heavy atom. The van der Waals surface area contributed by atoms with Crippen molar-refractivity contribution in [3.63, 3.8) is 0 Å². The van der Waals surface area contributed by atoms with Crippen molar-refractivity contribution in [1.29, 1.82) is 0 Å². The zero-order valence-corrected chi connectivity index (χ0v) is 11.2. The van der Waals surface area contributed by atoms with Crippen molar-refractivity contribution in [2.45, 2.75) is 59.7 Å². The molecule has 0 saturated carbocycles. The molecule has 0 rings (SSSR count). The molecular formula is C10H23AlO3. The Morgan fingerprint density at radius 3 is 1.86 bits per heavy atom. The Kier molecular flexibility index (Phi) is 8.96. The van der Waals surface area contributed by atoms with E-state index in [2.05, 4.69) is 6.92 Å². The molecule has 0 radical (unpaired) electrons. The van der Waals surface area contributed by atoms with Gasteiger partial charge in [-0.2, -0.15) is 0 Å². The molecule has 0 N–H and O–H groups in total. The second-order valence-corrected chi connectivity index (χ2v) is 5.34. The highest BCUT2D eigenvalue weighted by molar-refractivity contribution is 6.36. The van der Waals surface area contributed by atoms with Crippen LogP contribution in [0.3, 0.4) is 0 Å². The third-order valence-corrected chi connectivity index (χ3v) is 3.56. The average Bonchev–Trinajstić information content (AvgIpc) is 2.02. The molecule has 0 aliphatic carbocycles. The highest BCUT2D eigenvalue weighted by Gasteiger charge is 2.32. The molecule has 0 amide bonds. The summed E-state index contributed by atoms with van der Waals surface area (Å²) >= 11 is -1.88. The van der Waals surface area contributed by atoms with E-state index in [9.17, 15) is 0 Å². The lowest BCUT2D eigenvalue weighted by molar-refractivity contribution is 0.0497. The fourth-order valence-electron chi connectivity index (χ4n) is 0.879. The molecule has 0 unspecified atom stereocenters. The summed E-state index contributed by atoms with van der Waals surface area (Å²) in [6.45, 7) is 10.9. The standard InChI is InChI=1S/C4H9O.2C3H7O.Al/c1-2-3-4-5;2*1-3(2)4;/h2-4H2,1H3;2*3H,1-2H3;/q3*-1;+3. The Hall–Kier alpha value is 0.412. The minimum atomic E-state index is -1.88. The van der Waals surface area contributed by atoms with Crippen LogP contribution < -0.4 is 0 Å². The zero-order chi connectivity index (χ0) is 11.0. The van der Waals surface area contributed by atoms with Gasteiger partial charge in [0.05, 0.1) is 0 Å². The third-order valence-electron chi connectivity index (χ3n) is 1.52. The van der Waals surface area contributed by atoms with Gasteiger partial charge in [-0.3, -0.25) is 0 Å². The van der Waals surface area contributed by atoms with Crippen molar-refractivity contribution in [1.82, 2.24) is 0 Å². The van der Waals surface area contributed by atoms with Crippen LogP contribution in [0.1, 0.15) is 47.5 Å². The van der Waals surface area contributed by atoms with Gasteiger partial charge >= 0.3 is 15.1 Å². The first-order chi connectivity index (χ1) is 6.56. The molecule has 0 aromatic heterocycles. The van der Waals surface area contributed by atoms with Gasteiger partial charge < -0.3 is 11.4 Å². The van der Waals surface area contributed by atoms with Gasteiger partial charge in [-0.25, -0.2) is 0 Å². The summed E-state index contributed by atoms with van der Waals surface area (Å²) in [5.74, 6) is 0. The first-order valence-electron chi connectivity index (χ1n) is 5.48. The SMILES string of the molecule is CCCC[O][Al]([O]C(C)C)[O]C(C)C. The largest absolute Gasteiger partial charge is 0.905 e. The molecule has 0 aliphatic rings. The summed E-state index contributed by atoms with van der Waals surface area (Å²) in [6, 6.07) is 0. The van der Waals surface area contributed by atoms with Crippen molar-refractivity contribution < 1.29 is 11.4 Å². The van der Waals surface area contributed by atoms with E-state index in [0.29, 0.717) is 0 Å². The second-order valence-electron chi connectivity index (χ2n) is 3.88. The highest BCUT2D eigenvalue weighted by Crippen LogP contribution is 2.02. The number of hydrogen-bond donors (Lipinski definition) is 0. The summed E-state index contributed by atoms with van der Waals surface area (Å²) in [5.41, 5.74) is 0. The molecule has 0 saturated heterocycles. The van der Waals surface area contributed by atoms with Crippen molar-refractivity contribution in [3.05, 3.63) is 0 Å². The quantitative estimate of drug-likeness (QED) is 0.463. The van der Waals surface area contributed by atoms with Crippen LogP contribution in [0.5, 0.6) is 0 Å². The zero-order valence-electron chi connectivity index (χ0n) is 10.1. The fourth-order valence-corrected chi connectivity index (χ4v) is 2.35. The van der Waals surface area contributed by atoms with E-state index >= 15 is 0 Å². The van der Waals surface area contributed by atoms with Crippen LogP contribution in [0.25, 0.3) is 0 Å². The fraction of sp³-hybridized carbons (Fsp3) is 1.00. The van der Waals surface area contributed by atoms with Gasteiger partial charge in [0.1, 0.15) is 0 Å². The van der Waals surface area contributed by atoms with Crippen molar-refractivity contribution >= 4 is 15.1 Å². The van der Waals surface area contributed by atoms with Crippen LogP contribution in [-0.2, 0) is 11.4 Å². The molecule has 84 valence electrons. The van der Waals surface area contributed by atoms with E-state index < -0.39 is 15.1 Å². The van der Waals surface area contributed by atoms with Gasteiger partial charge in [0.2, 0.25) is 0 Å². The smallest absolute Gasteiger partial charge is 0.454 e. The molecule has 0 aliphatic heterocycles.